The zero-order valence-corrected chi connectivity index (χ0v) is 14.2. The van der Waals surface area contributed by atoms with Crippen molar-refractivity contribution >= 4 is 12.2 Å². The molecule has 0 saturated heterocycles. The van der Waals surface area contributed by atoms with Crippen LogP contribution in [0.2, 0.25) is 0 Å². The minimum atomic E-state index is 0.0670. The molecule has 0 fully saturated rings. The Kier molecular flexibility index (Phi) is 5.23. The first kappa shape index (κ1) is 17.2. The van der Waals surface area contributed by atoms with Gasteiger partial charge in [-0.15, -0.1) is 5.10 Å². The number of nitrogens with zero attached hydrogens (tertiary/aromatic N) is 4. The number of methoxy groups -OCH3 is 2. The van der Waals surface area contributed by atoms with Gasteiger partial charge in [0.25, 0.3) is 5.95 Å². The molecule has 0 radical (unpaired) electrons. The number of hydrogen-bond donors (Lipinski definition) is 2. The number of anilines is 1. The summed E-state index contributed by atoms with van der Waals surface area (Å²) in [6.45, 7) is 0. The lowest BCUT2D eigenvalue weighted by atomic mass is 10.1. The second kappa shape index (κ2) is 7.93. The van der Waals surface area contributed by atoms with E-state index in [-0.39, 0.29) is 11.7 Å². The van der Waals surface area contributed by atoms with Crippen molar-refractivity contribution in [3.63, 3.8) is 0 Å². The first-order chi connectivity index (χ1) is 12.7. The van der Waals surface area contributed by atoms with Gasteiger partial charge < -0.3 is 14.6 Å². The topological polar surface area (TPSA) is 102 Å². The third-order valence-corrected chi connectivity index (χ3v) is 3.53. The number of benzene rings is 2. The van der Waals surface area contributed by atoms with Gasteiger partial charge in [0.15, 0.2) is 11.5 Å². The fourth-order valence-electron chi connectivity index (χ4n) is 2.19. The maximum Gasteiger partial charge on any atom is 0.263 e. The van der Waals surface area contributed by atoms with Crippen molar-refractivity contribution in [1.29, 1.82) is 0 Å². The Labute approximate surface area is 150 Å². The lowest BCUT2D eigenvalue weighted by molar-refractivity contribution is 0.373. The van der Waals surface area contributed by atoms with Crippen LogP contribution in [0.4, 0.5) is 5.95 Å². The van der Waals surface area contributed by atoms with Crippen molar-refractivity contribution in [1.82, 2.24) is 15.2 Å². The van der Waals surface area contributed by atoms with E-state index in [2.05, 4.69) is 25.7 Å². The van der Waals surface area contributed by atoms with Crippen LogP contribution in [0.5, 0.6) is 17.2 Å². The molecule has 1 aromatic heterocycles. The van der Waals surface area contributed by atoms with Gasteiger partial charge in [-0.3, -0.25) is 0 Å². The summed E-state index contributed by atoms with van der Waals surface area (Å²) >= 11 is 0. The number of aromatic hydroxyl groups is 1. The molecule has 0 aliphatic rings. The van der Waals surface area contributed by atoms with Crippen LogP contribution in [-0.2, 0) is 0 Å². The highest BCUT2D eigenvalue weighted by Gasteiger charge is 2.04. The summed E-state index contributed by atoms with van der Waals surface area (Å²) in [4.78, 5) is 4.37. The van der Waals surface area contributed by atoms with Crippen molar-refractivity contribution in [2.24, 2.45) is 5.10 Å². The predicted octanol–water partition coefficient (Wildman–Crippen LogP) is 2.71. The molecule has 0 aliphatic carbocycles. The summed E-state index contributed by atoms with van der Waals surface area (Å²) < 4.78 is 10.2. The largest absolute Gasteiger partial charge is 0.504 e. The van der Waals surface area contributed by atoms with E-state index < -0.39 is 0 Å². The molecular formula is C18H17N5O3. The van der Waals surface area contributed by atoms with E-state index in [9.17, 15) is 5.11 Å². The summed E-state index contributed by atoms with van der Waals surface area (Å²) in [5.41, 5.74) is 5.02. The van der Waals surface area contributed by atoms with E-state index in [1.165, 1.54) is 13.2 Å². The quantitative estimate of drug-likeness (QED) is 0.520. The van der Waals surface area contributed by atoms with E-state index >= 15 is 0 Å². The molecule has 0 bridgehead atoms. The summed E-state index contributed by atoms with van der Waals surface area (Å²) in [6.07, 6.45) is 3.13. The van der Waals surface area contributed by atoms with Gasteiger partial charge in [0.2, 0.25) is 0 Å². The van der Waals surface area contributed by atoms with E-state index in [0.29, 0.717) is 11.4 Å². The van der Waals surface area contributed by atoms with Crippen LogP contribution < -0.4 is 14.9 Å². The summed E-state index contributed by atoms with van der Waals surface area (Å²) in [6, 6.07) is 12.4. The van der Waals surface area contributed by atoms with Crippen LogP contribution in [0.1, 0.15) is 5.56 Å². The second-order valence-electron chi connectivity index (χ2n) is 5.20. The zero-order chi connectivity index (χ0) is 18.4. The van der Waals surface area contributed by atoms with Crippen molar-refractivity contribution in [2.75, 3.05) is 19.6 Å². The van der Waals surface area contributed by atoms with Crippen LogP contribution in [0, 0.1) is 0 Å². The Hall–Kier alpha value is -3.68. The first-order valence-corrected chi connectivity index (χ1v) is 7.70. The molecule has 1 heterocycles. The normalized spacial score (nSPS) is 10.7. The van der Waals surface area contributed by atoms with Gasteiger partial charge in [0.05, 0.1) is 32.3 Å². The van der Waals surface area contributed by atoms with E-state index in [4.69, 9.17) is 9.47 Å². The van der Waals surface area contributed by atoms with Crippen molar-refractivity contribution in [3.05, 3.63) is 54.2 Å². The smallest absolute Gasteiger partial charge is 0.263 e. The Morgan fingerprint density at radius 1 is 1.08 bits per heavy atom. The molecule has 8 heteroatoms. The van der Waals surface area contributed by atoms with Gasteiger partial charge >= 0.3 is 0 Å². The fourth-order valence-corrected chi connectivity index (χ4v) is 2.19. The molecule has 8 nitrogen and oxygen atoms in total. The van der Waals surface area contributed by atoms with Gasteiger partial charge in [0, 0.05) is 5.56 Å². The molecule has 3 rings (SSSR count). The highest BCUT2D eigenvalue weighted by atomic mass is 16.5. The van der Waals surface area contributed by atoms with Crippen LogP contribution in [0.15, 0.2) is 53.8 Å². The number of hydrogen-bond acceptors (Lipinski definition) is 8. The third kappa shape index (κ3) is 4.04. The van der Waals surface area contributed by atoms with Crippen molar-refractivity contribution < 1.29 is 14.6 Å². The Morgan fingerprint density at radius 3 is 2.62 bits per heavy atom. The minimum Gasteiger partial charge on any atom is -0.504 e. The lowest BCUT2D eigenvalue weighted by Gasteiger charge is -2.04. The molecule has 26 heavy (non-hydrogen) atoms. The minimum absolute atomic E-state index is 0.0670. The molecule has 3 aromatic rings. The highest BCUT2D eigenvalue weighted by Crippen LogP contribution is 2.25. The van der Waals surface area contributed by atoms with E-state index in [1.807, 2.05) is 24.3 Å². The SMILES string of the molecule is COc1ccc(-c2cnnc(N/N=C\c3ccc(O)c(OC)c3)n2)cc1. The van der Waals surface area contributed by atoms with Gasteiger partial charge in [-0.05, 0) is 48.0 Å². The molecule has 0 saturated carbocycles. The standard InChI is InChI=1S/C18H17N5O3/c1-25-14-6-4-13(5-7-14)15-11-20-23-18(21-15)22-19-10-12-3-8-16(24)17(9-12)26-2/h3-11,24H,1-2H3,(H,21,22,23)/b19-10-. The van der Waals surface area contributed by atoms with Gasteiger partial charge in [-0.25, -0.2) is 10.4 Å². The predicted molar refractivity (Wildman–Crippen MR) is 97.7 cm³/mol. The number of nitrogens with one attached hydrogen (secondary N) is 1. The molecule has 2 aromatic carbocycles. The van der Waals surface area contributed by atoms with E-state index in [1.54, 1.807) is 31.7 Å². The van der Waals surface area contributed by atoms with E-state index in [0.717, 1.165) is 16.9 Å². The Morgan fingerprint density at radius 2 is 1.88 bits per heavy atom. The number of rotatable bonds is 6. The van der Waals surface area contributed by atoms with Gasteiger partial charge in [-0.1, -0.05) is 0 Å². The number of ether oxygens (including phenoxy) is 2. The van der Waals surface area contributed by atoms with Crippen molar-refractivity contribution in [3.8, 4) is 28.5 Å². The molecule has 0 amide bonds. The number of hydrazone groups is 1. The van der Waals surface area contributed by atoms with Gasteiger partial charge in [-0.2, -0.15) is 10.2 Å². The van der Waals surface area contributed by atoms with Crippen molar-refractivity contribution in [2.45, 2.75) is 0 Å². The average molecular weight is 351 g/mol. The summed E-state index contributed by atoms with van der Waals surface area (Å²) in [5.74, 6) is 1.47. The number of phenolic OH excluding ortho intramolecular Hbond substituents is 1. The maximum absolute atomic E-state index is 9.59. The van der Waals surface area contributed by atoms with Gasteiger partial charge in [0.1, 0.15) is 5.75 Å². The number of phenols is 1. The lowest BCUT2D eigenvalue weighted by Crippen LogP contribution is -2.00. The summed E-state index contributed by atoms with van der Waals surface area (Å²) in [5, 5.41) is 21.5. The molecule has 0 aliphatic heterocycles. The maximum atomic E-state index is 9.59. The fraction of sp³-hybridized carbons (Fsp3) is 0.111. The zero-order valence-electron chi connectivity index (χ0n) is 14.2. The Balaban J connectivity index is 1.72. The van der Waals surface area contributed by atoms with Crippen LogP contribution in [0.3, 0.4) is 0 Å². The summed E-state index contributed by atoms with van der Waals surface area (Å²) in [7, 11) is 3.10. The molecular weight excluding hydrogens is 334 g/mol. The number of aromatic nitrogens is 3. The average Bonchev–Trinajstić information content (AvgIpc) is 2.69. The Bertz CT molecular complexity index is 913. The third-order valence-electron chi connectivity index (χ3n) is 3.53. The molecule has 132 valence electrons. The monoisotopic (exact) mass is 351 g/mol. The van der Waals surface area contributed by atoms with Crippen LogP contribution in [0.25, 0.3) is 11.3 Å². The molecule has 2 N–H and O–H groups in total. The molecule has 0 atom stereocenters. The highest BCUT2D eigenvalue weighted by molar-refractivity contribution is 5.81. The first-order valence-electron chi connectivity index (χ1n) is 7.70. The van der Waals surface area contributed by atoms with Crippen LogP contribution in [-0.4, -0.2) is 40.7 Å². The molecule has 0 spiro atoms. The second-order valence-corrected chi connectivity index (χ2v) is 5.20. The van der Waals surface area contributed by atoms with Crippen LogP contribution >= 0.6 is 0 Å². The molecule has 0 unspecified atom stereocenters.